The summed E-state index contributed by atoms with van der Waals surface area (Å²) in [6, 6.07) is 10.7. The molecule has 0 atom stereocenters. The lowest BCUT2D eigenvalue weighted by atomic mass is 10.1. The van der Waals surface area contributed by atoms with Crippen LogP contribution < -0.4 is 11.1 Å². The van der Waals surface area contributed by atoms with Gasteiger partial charge in [-0.1, -0.05) is 12.1 Å². The topological polar surface area (TPSA) is 68.7 Å². The van der Waals surface area contributed by atoms with Crippen molar-refractivity contribution in [3.8, 4) is 0 Å². The monoisotopic (exact) mass is 342 g/mol. The second-order valence-electron chi connectivity index (χ2n) is 6.59. The van der Waals surface area contributed by atoms with Gasteiger partial charge in [-0.15, -0.1) is 0 Å². The number of benzene rings is 1. The second-order valence-corrected chi connectivity index (χ2v) is 6.59. The van der Waals surface area contributed by atoms with Crippen LogP contribution in [0.4, 0.5) is 0 Å². The minimum Gasteiger partial charge on any atom is -0.268 e. The Morgan fingerprint density at radius 2 is 1.12 bits per heavy atom. The minimum absolute atomic E-state index is 0.165. The van der Waals surface area contributed by atoms with Crippen molar-refractivity contribution in [1.82, 2.24) is 18.8 Å². The molecule has 0 fully saturated rings. The van der Waals surface area contributed by atoms with E-state index in [0.29, 0.717) is 33.1 Å². The summed E-state index contributed by atoms with van der Waals surface area (Å²) in [5.74, 6) is 0. The van der Waals surface area contributed by atoms with Crippen molar-refractivity contribution in [3.05, 3.63) is 80.6 Å². The SMILES string of the molecule is Cc1ccc2nc3cc4c(=O)n5cc(C)ccc5nc4cc3c(=O)n2c1. The Kier molecular flexibility index (Phi) is 2.83. The molecule has 0 spiro atoms. The first-order valence-corrected chi connectivity index (χ1v) is 8.27. The van der Waals surface area contributed by atoms with Crippen LogP contribution in [0.3, 0.4) is 0 Å². The Morgan fingerprint density at radius 3 is 1.54 bits per heavy atom. The average Bonchev–Trinajstić information content (AvgIpc) is 2.63. The molecule has 0 radical (unpaired) electrons. The molecule has 6 nitrogen and oxygen atoms in total. The third-order valence-corrected chi connectivity index (χ3v) is 4.63. The molecule has 5 rings (SSSR count). The van der Waals surface area contributed by atoms with Crippen LogP contribution in [-0.2, 0) is 0 Å². The standard InChI is InChI=1S/C20H14N4O2/c1-11-3-5-17-21-15-8-14-16(7-13(15)19(25)23(17)9-11)22-18-6-4-12(2)10-24(18)20(14)26/h3-10H,1-2H3. The van der Waals surface area contributed by atoms with Gasteiger partial charge in [-0.3, -0.25) is 18.4 Å². The van der Waals surface area contributed by atoms with Gasteiger partial charge in [-0.05, 0) is 49.2 Å². The van der Waals surface area contributed by atoms with Gasteiger partial charge in [-0.25, -0.2) is 9.97 Å². The summed E-state index contributed by atoms with van der Waals surface area (Å²) in [4.78, 5) is 34.9. The van der Waals surface area contributed by atoms with E-state index in [1.165, 1.54) is 8.80 Å². The summed E-state index contributed by atoms with van der Waals surface area (Å²) in [5, 5.41) is 0.896. The molecular weight excluding hydrogens is 328 g/mol. The molecule has 4 aromatic heterocycles. The lowest BCUT2D eigenvalue weighted by molar-refractivity contribution is 1.05. The average molecular weight is 342 g/mol. The van der Waals surface area contributed by atoms with Crippen LogP contribution in [0.1, 0.15) is 11.1 Å². The lowest BCUT2D eigenvalue weighted by Gasteiger charge is -2.07. The Balaban J connectivity index is 2.00. The summed E-state index contributed by atoms with van der Waals surface area (Å²) in [6.45, 7) is 3.85. The fourth-order valence-corrected chi connectivity index (χ4v) is 3.32. The highest BCUT2D eigenvalue weighted by atomic mass is 16.1. The molecule has 0 bridgehead atoms. The highest BCUT2D eigenvalue weighted by Crippen LogP contribution is 2.17. The van der Waals surface area contributed by atoms with Crippen LogP contribution in [0, 0.1) is 13.8 Å². The number of nitrogens with zero attached hydrogens (tertiary/aromatic N) is 4. The lowest BCUT2D eigenvalue weighted by Crippen LogP contribution is -2.18. The molecule has 26 heavy (non-hydrogen) atoms. The number of hydrogen-bond donors (Lipinski definition) is 0. The molecule has 6 heteroatoms. The molecule has 0 unspecified atom stereocenters. The molecule has 1 aromatic carbocycles. The van der Waals surface area contributed by atoms with E-state index >= 15 is 0 Å². The zero-order valence-electron chi connectivity index (χ0n) is 14.2. The number of fused-ring (bicyclic) bond motifs is 4. The van der Waals surface area contributed by atoms with Crippen LogP contribution in [0.25, 0.3) is 33.1 Å². The van der Waals surface area contributed by atoms with Crippen LogP contribution in [-0.4, -0.2) is 18.8 Å². The highest BCUT2D eigenvalue weighted by Gasteiger charge is 2.11. The molecule has 126 valence electrons. The maximum absolute atomic E-state index is 12.9. The smallest absolute Gasteiger partial charge is 0.265 e. The fraction of sp³-hybridized carbons (Fsp3) is 0.100. The van der Waals surface area contributed by atoms with Crippen LogP contribution in [0.5, 0.6) is 0 Å². The Morgan fingerprint density at radius 1 is 0.692 bits per heavy atom. The van der Waals surface area contributed by atoms with Crippen molar-refractivity contribution in [2.75, 3.05) is 0 Å². The van der Waals surface area contributed by atoms with Crippen LogP contribution in [0.15, 0.2) is 58.4 Å². The van der Waals surface area contributed by atoms with Crippen molar-refractivity contribution >= 4 is 33.1 Å². The quantitative estimate of drug-likeness (QED) is 0.406. The van der Waals surface area contributed by atoms with Crippen molar-refractivity contribution in [3.63, 3.8) is 0 Å². The van der Waals surface area contributed by atoms with Gasteiger partial charge in [0.15, 0.2) is 0 Å². The van der Waals surface area contributed by atoms with E-state index in [0.717, 1.165) is 11.1 Å². The molecule has 4 heterocycles. The number of aromatic nitrogens is 4. The molecule has 0 amide bonds. The maximum Gasteiger partial charge on any atom is 0.265 e. The first kappa shape index (κ1) is 14.8. The van der Waals surface area contributed by atoms with E-state index in [1.807, 2.05) is 26.0 Å². The first-order chi connectivity index (χ1) is 12.5. The van der Waals surface area contributed by atoms with Gasteiger partial charge in [0.25, 0.3) is 11.1 Å². The first-order valence-electron chi connectivity index (χ1n) is 8.27. The zero-order valence-corrected chi connectivity index (χ0v) is 14.2. The summed E-state index contributed by atoms with van der Waals surface area (Å²) >= 11 is 0. The molecule has 5 aromatic rings. The molecular formula is C20H14N4O2. The number of pyridine rings is 2. The summed E-state index contributed by atoms with van der Waals surface area (Å²) in [7, 11) is 0. The largest absolute Gasteiger partial charge is 0.268 e. The third kappa shape index (κ3) is 1.99. The zero-order chi connectivity index (χ0) is 18.0. The molecule has 0 aliphatic rings. The van der Waals surface area contributed by atoms with Gasteiger partial charge in [0.1, 0.15) is 11.3 Å². The third-order valence-electron chi connectivity index (χ3n) is 4.63. The normalized spacial score (nSPS) is 11.8. The van der Waals surface area contributed by atoms with E-state index in [-0.39, 0.29) is 11.1 Å². The van der Waals surface area contributed by atoms with Crippen LogP contribution >= 0.6 is 0 Å². The van der Waals surface area contributed by atoms with E-state index in [9.17, 15) is 9.59 Å². The van der Waals surface area contributed by atoms with Crippen LogP contribution in [0.2, 0.25) is 0 Å². The Bertz CT molecular complexity index is 1380. The van der Waals surface area contributed by atoms with E-state index in [4.69, 9.17) is 0 Å². The fourth-order valence-electron chi connectivity index (χ4n) is 3.32. The van der Waals surface area contributed by atoms with Gasteiger partial charge in [-0.2, -0.15) is 0 Å². The Hall–Kier alpha value is -3.54. The van der Waals surface area contributed by atoms with Gasteiger partial charge in [0.05, 0.1) is 21.8 Å². The van der Waals surface area contributed by atoms with Crippen molar-refractivity contribution < 1.29 is 0 Å². The van der Waals surface area contributed by atoms with Gasteiger partial charge in [0, 0.05) is 12.4 Å². The predicted octanol–water partition coefficient (Wildman–Crippen LogP) is 2.63. The van der Waals surface area contributed by atoms with E-state index in [2.05, 4.69) is 9.97 Å². The number of hydrogen-bond acceptors (Lipinski definition) is 4. The summed E-state index contributed by atoms with van der Waals surface area (Å²) in [5.41, 5.74) is 3.71. The minimum atomic E-state index is -0.165. The highest BCUT2D eigenvalue weighted by molar-refractivity contribution is 5.95. The number of rotatable bonds is 0. The summed E-state index contributed by atoms with van der Waals surface area (Å²) in [6.07, 6.45) is 3.53. The predicted molar refractivity (Wildman–Crippen MR) is 101 cm³/mol. The molecule has 0 aliphatic heterocycles. The van der Waals surface area contributed by atoms with Crippen molar-refractivity contribution in [2.24, 2.45) is 0 Å². The number of aryl methyl sites for hydroxylation is 2. The molecule has 0 saturated heterocycles. The molecule has 0 saturated carbocycles. The van der Waals surface area contributed by atoms with E-state index < -0.39 is 0 Å². The molecule has 0 N–H and O–H groups in total. The van der Waals surface area contributed by atoms with Crippen molar-refractivity contribution in [1.29, 1.82) is 0 Å². The second kappa shape index (κ2) is 4.98. The van der Waals surface area contributed by atoms with Crippen molar-refractivity contribution in [2.45, 2.75) is 13.8 Å². The maximum atomic E-state index is 12.9. The molecule has 0 aliphatic carbocycles. The van der Waals surface area contributed by atoms with Gasteiger partial charge in [0.2, 0.25) is 0 Å². The van der Waals surface area contributed by atoms with Gasteiger partial charge >= 0.3 is 0 Å². The Labute approximate surface area is 147 Å². The van der Waals surface area contributed by atoms with E-state index in [1.54, 1.807) is 36.7 Å². The summed E-state index contributed by atoms with van der Waals surface area (Å²) < 4.78 is 3.06. The van der Waals surface area contributed by atoms with Gasteiger partial charge < -0.3 is 0 Å².